The van der Waals surface area contributed by atoms with E-state index < -0.39 is 0 Å². The van der Waals surface area contributed by atoms with E-state index in [-0.39, 0.29) is 11.8 Å². The van der Waals surface area contributed by atoms with Crippen molar-refractivity contribution >= 4 is 17.7 Å². The highest BCUT2D eigenvalue weighted by Crippen LogP contribution is 2.21. The van der Waals surface area contributed by atoms with Crippen molar-refractivity contribution in [2.24, 2.45) is 0 Å². The van der Waals surface area contributed by atoms with Crippen LogP contribution < -0.4 is 10.2 Å². The van der Waals surface area contributed by atoms with Gasteiger partial charge in [0.2, 0.25) is 5.95 Å². The first-order valence-corrected chi connectivity index (χ1v) is 9.41. The molecule has 1 amide bonds. The number of nitrogens with zero attached hydrogens (tertiary/aromatic N) is 4. The molecule has 2 aromatic rings. The summed E-state index contributed by atoms with van der Waals surface area (Å²) in [5, 5.41) is 2.85. The topological polar surface area (TPSA) is 71.0 Å². The highest BCUT2D eigenvalue weighted by Gasteiger charge is 2.19. The van der Waals surface area contributed by atoms with Crippen molar-refractivity contribution in [3.05, 3.63) is 41.3 Å². The fourth-order valence-electron chi connectivity index (χ4n) is 3.06. The van der Waals surface area contributed by atoms with E-state index in [9.17, 15) is 4.79 Å². The summed E-state index contributed by atoms with van der Waals surface area (Å²) in [4.78, 5) is 28.4. The number of nitrogens with one attached hydrogen (secondary N) is 1. The van der Waals surface area contributed by atoms with Gasteiger partial charge in [-0.25, -0.2) is 15.0 Å². The van der Waals surface area contributed by atoms with Gasteiger partial charge in [0, 0.05) is 25.0 Å². The van der Waals surface area contributed by atoms with E-state index in [1.54, 1.807) is 12.3 Å². The molecule has 0 bridgehead atoms. The molecule has 1 N–H and O–H groups in total. The predicted molar refractivity (Wildman–Crippen MR) is 104 cm³/mol. The number of amides is 1. The van der Waals surface area contributed by atoms with Crippen molar-refractivity contribution in [3.63, 3.8) is 0 Å². The Balaban J connectivity index is 1.88. The number of rotatable bonds is 4. The van der Waals surface area contributed by atoms with Crippen LogP contribution in [0.4, 0.5) is 11.8 Å². The van der Waals surface area contributed by atoms with Gasteiger partial charge in [0.1, 0.15) is 11.5 Å². The van der Waals surface area contributed by atoms with Gasteiger partial charge < -0.3 is 10.2 Å². The Morgan fingerprint density at radius 2 is 1.85 bits per heavy atom. The molecular weight excluding hydrogens is 326 g/mol. The minimum atomic E-state index is -0.247. The summed E-state index contributed by atoms with van der Waals surface area (Å²) >= 11 is 0. The lowest BCUT2D eigenvalue weighted by atomic mass is 10.1. The molecule has 6 heteroatoms. The molecule has 2 aromatic heterocycles. The van der Waals surface area contributed by atoms with E-state index in [1.807, 2.05) is 19.1 Å². The van der Waals surface area contributed by atoms with Crippen LogP contribution >= 0.6 is 0 Å². The van der Waals surface area contributed by atoms with Gasteiger partial charge >= 0.3 is 0 Å². The highest BCUT2D eigenvalue weighted by atomic mass is 16.1. The lowest BCUT2D eigenvalue weighted by Crippen LogP contribution is -2.28. The molecule has 6 nitrogen and oxygen atoms in total. The Bertz CT molecular complexity index is 767. The molecule has 1 aliphatic heterocycles. The normalized spacial score (nSPS) is 15.0. The number of carbonyl (C=O) groups is 1. The number of carbonyl (C=O) groups excluding carboxylic acids is 1. The maximum Gasteiger partial charge on any atom is 0.275 e. The molecule has 0 aliphatic carbocycles. The first kappa shape index (κ1) is 18.3. The molecule has 0 unspecified atom stereocenters. The number of anilines is 2. The Morgan fingerprint density at radius 3 is 2.50 bits per heavy atom. The number of aromatic nitrogens is 3. The van der Waals surface area contributed by atoms with Crippen molar-refractivity contribution in [2.75, 3.05) is 23.3 Å². The zero-order valence-corrected chi connectivity index (χ0v) is 15.8. The summed E-state index contributed by atoms with van der Waals surface area (Å²) in [6.45, 7) is 8.02. The van der Waals surface area contributed by atoms with Crippen LogP contribution in [-0.4, -0.2) is 33.9 Å². The van der Waals surface area contributed by atoms with Crippen molar-refractivity contribution in [1.82, 2.24) is 15.0 Å². The summed E-state index contributed by atoms with van der Waals surface area (Å²) in [7, 11) is 0. The first-order valence-electron chi connectivity index (χ1n) is 9.41. The molecule has 26 heavy (non-hydrogen) atoms. The van der Waals surface area contributed by atoms with Gasteiger partial charge in [0.05, 0.1) is 0 Å². The second-order valence-electron chi connectivity index (χ2n) is 7.21. The van der Waals surface area contributed by atoms with Crippen LogP contribution in [0, 0.1) is 6.92 Å². The van der Waals surface area contributed by atoms with Crippen molar-refractivity contribution in [2.45, 2.75) is 52.4 Å². The van der Waals surface area contributed by atoms with Crippen LogP contribution in [0.2, 0.25) is 0 Å². The third-order valence-corrected chi connectivity index (χ3v) is 4.60. The van der Waals surface area contributed by atoms with E-state index in [1.165, 1.54) is 12.8 Å². The van der Waals surface area contributed by atoms with E-state index in [2.05, 4.69) is 34.0 Å². The van der Waals surface area contributed by atoms with E-state index in [0.717, 1.165) is 37.2 Å². The van der Waals surface area contributed by atoms with Crippen LogP contribution in [0.1, 0.15) is 67.2 Å². The van der Waals surface area contributed by atoms with Crippen LogP contribution in [0.25, 0.3) is 0 Å². The Morgan fingerprint density at radius 1 is 1.12 bits per heavy atom. The molecule has 3 rings (SSSR count). The zero-order valence-electron chi connectivity index (χ0n) is 15.8. The lowest BCUT2D eigenvalue weighted by Gasteiger charge is -2.22. The molecule has 0 saturated carbocycles. The van der Waals surface area contributed by atoms with Gasteiger partial charge in [0.15, 0.2) is 0 Å². The highest BCUT2D eigenvalue weighted by molar-refractivity contribution is 6.02. The maximum atomic E-state index is 12.7. The Kier molecular flexibility index (Phi) is 5.81. The number of hydrogen-bond donors (Lipinski definition) is 1. The maximum absolute atomic E-state index is 12.7. The van der Waals surface area contributed by atoms with E-state index in [0.29, 0.717) is 17.5 Å². The number of pyridine rings is 1. The fraction of sp³-hybridized carbons (Fsp3) is 0.500. The van der Waals surface area contributed by atoms with Gasteiger partial charge in [-0.05, 0) is 49.4 Å². The van der Waals surface area contributed by atoms with Gasteiger partial charge in [-0.3, -0.25) is 4.79 Å². The van der Waals surface area contributed by atoms with Crippen LogP contribution in [0.5, 0.6) is 0 Å². The SMILES string of the molecule is Cc1ccnc(NC(=O)c2cc(C(C)C)nc(N3CCCCCC3)n2)c1. The van der Waals surface area contributed by atoms with E-state index >= 15 is 0 Å². The Hall–Kier alpha value is -2.50. The molecule has 0 spiro atoms. The summed E-state index contributed by atoms with van der Waals surface area (Å²) in [5.74, 6) is 1.19. The first-order chi connectivity index (χ1) is 12.5. The Labute approximate surface area is 155 Å². The third kappa shape index (κ3) is 4.56. The van der Waals surface area contributed by atoms with Gasteiger partial charge in [-0.2, -0.15) is 0 Å². The molecule has 3 heterocycles. The quantitative estimate of drug-likeness (QED) is 0.901. The molecule has 138 valence electrons. The number of hydrogen-bond acceptors (Lipinski definition) is 5. The second kappa shape index (κ2) is 8.25. The molecule has 1 aliphatic rings. The smallest absolute Gasteiger partial charge is 0.275 e. The standard InChI is InChI=1S/C20H27N5O/c1-14(2)16-13-17(19(26)24-18-12-15(3)8-9-21-18)23-20(22-16)25-10-6-4-5-7-11-25/h8-9,12-14H,4-7,10-11H2,1-3H3,(H,21,24,26). The third-order valence-electron chi connectivity index (χ3n) is 4.60. The van der Waals surface area contributed by atoms with Crippen molar-refractivity contribution in [3.8, 4) is 0 Å². The minimum absolute atomic E-state index is 0.229. The minimum Gasteiger partial charge on any atom is -0.341 e. The summed E-state index contributed by atoms with van der Waals surface area (Å²) in [5.41, 5.74) is 2.33. The van der Waals surface area contributed by atoms with Crippen molar-refractivity contribution < 1.29 is 4.79 Å². The van der Waals surface area contributed by atoms with Crippen molar-refractivity contribution in [1.29, 1.82) is 0 Å². The van der Waals surface area contributed by atoms with Gasteiger partial charge in [-0.15, -0.1) is 0 Å². The van der Waals surface area contributed by atoms with Crippen LogP contribution in [-0.2, 0) is 0 Å². The summed E-state index contributed by atoms with van der Waals surface area (Å²) in [6.07, 6.45) is 6.46. The second-order valence-corrected chi connectivity index (χ2v) is 7.21. The predicted octanol–water partition coefficient (Wildman–Crippen LogP) is 3.94. The average Bonchev–Trinajstić information content (AvgIpc) is 2.90. The number of aryl methyl sites for hydroxylation is 1. The van der Waals surface area contributed by atoms with Crippen LogP contribution in [0.3, 0.4) is 0 Å². The van der Waals surface area contributed by atoms with Crippen LogP contribution in [0.15, 0.2) is 24.4 Å². The molecule has 1 saturated heterocycles. The van der Waals surface area contributed by atoms with E-state index in [4.69, 9.17) is 4.98 Å². The molecular formula is C20H27N5O. The molecule has 0 radical (unpaired) electrons. The fourth-order valence-corrected chi connectivity index (χ4v) is 3.06. The largest absolute Gasteiger partial charge is 0.341 e. The van der Waals surface area contributed by atoms with Gasteiger partial charge in [0.25, 0.3) is 5.91 Å². The molecule has 0 atom stereocenters. The summed E-state index contributed by atoms with van der Waals surface area (Å²) < 4.78 is 0. The molecule has 0 aromatic carbocycles. The summed E-state index contributed by atoms with van der Waals surface area (Å²) in [6, 6.07) is 5.53. The molecule has 1 fully saturated rings. The lowest BCUT2D eigenvalue weighted by molar-refractivity contribution is 0.102. The monoisotopic (exact) mass is 353 g/mol. The zero-order chi connectivity index (χ0) is 18.5. The average molecular weight is 353 g/mol. The van der Waals surface area contributed by atoms with Gasteiger partial charge in [-0.1, -0.05) is 26.7 Å².